The van der Waals surface area contributed by atoms with Crippen LogP contribution < -0.4 is 5.32 Å². The molecule has 2 fully saturated rings. The maximum Gasteiger partial charge on any atom is 0.317 e. The molecule has 1 aliphatic heterocycles. The smallest absolute Gasteiger partial charge is 0.317 e. The quantitative estimate of drug-likeness (QED) is 0.877. The number of carbonyl (C=O) groups is 2. The van der Waals surface area contributed by atoms with E-state index in [1.807, 2.05) is 9.80 Å². The maximum atomic E-state index is 12.3. The SMILES string of the molecule is O=C(CCc1cnc[nH]1)N1CCN(C(=O)NC2CCCCC2)CC1. The van der Waals surface area contributed by atoms with E-state index in [0.717, 1.165) is 18.5 Å². The van der Waals surface area contributed by atoms with Crippen LogP contribution in [0.25, 0.3) is 0 Å². The minimum atomic E-state index is 0.0338. The molecule has 1 aromatic rings. The average molecular weight is 333 g/mol. The van der Waals surface area contributed by atoms with Crippen molar-refractivity contribution in [1.29, 1.82) is 0 Å². The van der Waals surface area contributed by atoms with Gasteiger partial charge in [0.15, 0.2) is 0 Å². The molecule has 1 saturated carbocycles. The number of aryl methyl sites for hydroxylation is 1. The zero-order valence-corrected chi connectivity index (χ0v) is 14.2. The highest BCUT2D eigenvalue weighted by Crippen LogP contribution is 2.17. The molecule has 0 unspecified atom stereocenters. The van der Waals surface area contributed by atoms with E-state index in [2.05, 4.69) is 15.3 Å². The standard InChI is InChI=1S/C17H27N5O2/c23-16(7-6-15-12-18-13-19-15)21-8-10-22(11-9-21)17(24)20-14-4-2-1-3-5-14/h12-14H,1-11H2,(H,18,19)(H,20,24). The third kappa shape index (κ3) is 4.49. The Balaban J connectivity index is 1.38. The first kappa shape index (κ1) is 16.8. The first-order valence-corrected chi connectivity index (χ1v) is 9.03. The lowest BCUT2D eigenvalue weighted by molar-refractivity contribution is -0.132. The van der Waals surface area contributed by atoms with Gasteiger partial charge in [-0.15, -0.1) is 0 Å². The number of amides is 3. The highest BCUT2D eigenvalue weighted by molar-refractivity contribution is 5.78. The van der Waals surface area contributed by atoms with Crippen LogP contribution in [0.3, 0.4) is 0 Å². The molecule has 7 nitrogen and oxygen atoms in total. The van der Waals surface area contributed by atoms with Crippen molar-refractivity contribution in [3.63, 3.8) is 0 Å². The van der Waals surface area contributed by atoms with Crippen molar-refractivity contribution < 1.29 is 9.59 Å². The molecule has 0 atom stereocenters. The number of hydrogen-bond acceptors (Lipinski definition) is 3. The van der Waals surface area contributed by atoms with Crippen molar-refractivity contribution in [2.75, 3.05) is 26.2 Å². The second-order valence-electron chi connectivity index (χ2n) is 6.73. The van der Waals surface area contributed by atoms with Gasteiger partial charge in [-0.05, 0) is 19.3 Å². The van der Waals surface area contributed by atoms with Gasteiger partial charge in [0.25, 0.3) is 0 Å². The van der Waals surface area contributed by atoms with E-state index >= 15 is 0 Å². The van der Waals surface area contributed by atoms with Crippen LogP contribution in [0, 0.1) is 0 Å². The summed E-state index contributed by atoms with van der Waals surface area (Å²) in [6, 6.07) is 0.367. The number of urea groups is 1. The topological polar surface area (TPSA) is 81.3 Å². The second kappa shape index (κ2) is 8.17. The van der Waals surface area contributed by atoms with Crippen molar-refractivity contribution in [2.24, 2.45) is 0 Å². The summed E-state index contributed by atoms with van der Waals surface area (Å²) in [7, 11) is 0. The van der Waals surface area contributed by atoms with Gasteiger partial charge in [-0.2, -0.15) is 0 Å². The third-order valence-electron chi connectivity index (χ3n) is 5.02. The van der Waals surface area contributed by atoms with E-state index in [4.69, 9.17) is 0 Å². The van der Waals surface area contributed by atoms with Gasteiger partial charge in [0.05, 0.1) is 6.33 Å². The van der Waals surface area contributed by atoms with Crippen molar-refractivity contribution in [2.45, 2.75) is 51.0 Å². The Labute approximate surface area is 142 Å². The molecule has 2 aliphatic rings. The number of piperazine rings is 1. The number of aromatic amines is 1. The molecule has 0 spiro atoms. The molecule has 132 valence electrons. The van der Waals surface area contributed by atoms with Crippen LogP contribution in [0.2, 0.25) is 0 Å². The summed E-state index contributed by atoms with van der Waals surface area (Å²) >= 11 is 0. The highest BCUT2D eigenvalue weighted by Gasteiger charge is 2.25. The van der Waals surface area contributed by atoms with Crippen LogP contribution in [-0.2, 0) is 11.2 Å². The molecule has 1 aliphatic carbocycles. The molecule has 1 aromatic heterocycles. The van der Waals surface area contributed by atoms with E-state index < -0.39 is 0 Å². The van der Waals surface area contributed by atoms with Gasteiger partial charge in [-0.1, -0.05) is 19.3 Å². The number of carbonyl (C=O) groups excluding carboxylic acids is 2. The summed E-state index contributed by atoms with van der Waals surface area (Å²) in [6.45, 7) is 2.49. The fraction of sp³-hybridized carbons (Fsp3) is 0.706. The molecule has 2 heterocycles. The van der Waals surface area contributed by atoms with Crippen LogP contribution in [0.1, 0.15) is 44.2 Å². The Bertz CT molecular complexity index is 531. The lowest BCUT2D eigenvalue weighted by Crippen LogP contribution is -2.54. The summed E-state index contributed by atoms with van der Waals surface area (Å²) in [5.41, 5.74) is 0.980. The molecule has 3 rings (SSSR count). The van der Waals surface area contributed by atoms with E-state index in [0.29, 0.717) is 45.1 Å². The van der Waals surface area contributed by atoms with Crippen molar-refractivity contribution in [3.8, 4) is 0 Å². The largest absolute Gasteiger partial charge is 0.348 e. The molecule has 3 amide bonds. The van der Waals surface area contributed by atoms with Gasteiger partial charge < -0.3 is 20.1 Å². The summed E-state index contributed by atoms with van der Waals surface area (Å²) in [6.07, 6.45) is 10.4. The zero-order chi connectivity index (χ0) is 16.8. The van der Waals surface area contributed by atoms with Crippen molar-refractivity contribution >= 4 is 11.9 Å². The van der Waals surface area contributed by atoms with E-state index in [1.165, 1.54) is 19.3 Å². The molecule has 24 heavy (non-hydrogen) atoms. The number of aromatic nitrogens is 2. The van der Waals surface area contributed by atoms with Crippen molar-refractivity contribution in [3.05, 3.63) is 18.2 Å². The predicted octanol–water partition coefficient (Wildman–Crippen LogP) is 1.53. The van der Waals surface area contributed by atoms with Crippen LogP contribution in [-0.4, -0.2) is 63.9 Å². The summed E-state index contributed by atoms with van der Waals surface area (Å²) in [4.78, 5) is 35.3. The molecule has 1 saturated heterocycles. The fourth-order valence-corrected chi connectivity index (χ4v) is 3.49. The van der Waals surface area contributed by atoms with Crippen LogP contribution in [0.15, 0.2) is 12.5 Å². The number of imidazole rings is 1. The molecule has 0 bridgehead atoms. The predicted molar refractivity (Wildman–Crippen MR) is 90.5 cm³/mol. The van der Waals surface area contributed by atoms with Gasteiger partial charge >= 0.3 is 6.03 Å². The Morgan fingerprint density at radius 2 is 1.83 bits per heavy atom. The summed E-state index contributed by atoms with van der Waals surface area (Å²) in [5, 5.41) is 3.15. The van der Waals surface area contributed by atoms with Gasteiger partial charge in [0, 0.05) is 50.5 Å². The van der Waals surface area contributed by atoms with Crippen LogP contribution >= 0.6 is 0 Å². The number of H-pyrrole nitrogens is 1. The Hall–Kier alpha value is -2.05. The van der Waals surface area contributed by atoms with E-state index in [9.17, 15) is 9.59 Å². The van der Waals surface area contributed by atoms with Gasteiger partial charge in [-0.3, -0.25) is 4.79 Å². The third-order valence-corrected chi connectivity index (χ3v) is 5.02. The minimum Gasteiger partial charge on any atom is -0.348 e. The van der Waals surface area contributed by atoms with Crippen LogP contribution in [0.4, 0.5) is 4.79 Å². The van der Waals surface area contributed by atoms with E-state index in [-0.39, 0.29) is 11.9 Å². The average Bonchev–Trinajstić information content (AvgIpc) is 3.14. The molecule has 0 aromatic carbocycles. The second-order valence-corrected chi connectivity index (χ2v) is 6.73. The summed E-state index contributed by atoms with van der Waals surface area (Å²) in [5.74, 6) is 0.150. The van der Waals surface area contributed by atoms with Crippen LogP contribution in [0.5, 0.6) is 0 Å². The number of rotatable bonds is 4. The number of nitrogens with one attached hydrogen (secondary N) is 2. The van der Waals surface area contributed by atoms with Gasteiger partial charge in [-0.25, -0.2) is 9.78 Å². The first-order chi connectivity index (χ1) is 11.7. The maximum absolute atomic E-state index is 12.3. The normalized spacial score (nSPS) is 19.3. The molecule has 7 heteroatoms. The molecular formula is C17H27N5O2. The Kier molecular flexibility index (Phi) is 5.72. The minimum absolute atomic E-state index is 0.0338. The molecule has 2 N–H and O–H groups in total. The lowest BCUT2D eigenvalue weighted by Gasteiger charge is -2.36. The number of nitrogens with zero attached hydrogens (tertiary/aromatic N) is 3. The summed E-state index contributed by atoms with van der Waals surface area (Å²) < 4.78 is 0. The monoisotopic (exact) mass is 333 g/mol. The zero-order valence-electron chi connectivity index (χ0n) is 14.2. The fourth-order valence-electron chi connectivity index (χ4n) is 3.49. The molecule has 0 radical (unpaired) electrons. The Morgan fingerprint density at radius 1 is 1.12 bits per heavy atom. The van der Waals surface area contributed by atoms with E-state index in [1.54, 1.807) is 12.5 Å². The van der Waals surface area contributed by atoms with Gasteiger partial charge in [0.2, 0.25) is 5.91 Å². The van der Waals surface area contributed by atoms with Gasteiger partial charge in [0.1, 0.15) is 0 Å². The molecular weight excluding hydrogens is 306 g/mol. The highest BCUT2D eigenvalue weighted by atomic mass is 16.2. The first-order valence-electron chi connectivity index (χ1n) is 9.03. The lowest BCUT2D eigenvalue weighted by atomic mass is 9.96. The number of hydrogen-bond donors (Lipinski definition) is 2. The Morgan fingerprint density at radius 3 is 2.50 bits per heavy atom. The van der Waals surface area contributed by atoms with Crippen molar-refractivity contribution in [1.82, 2.24) is 25.1 Å².